The molecule has 2 aromatic rings. The minimum atomic E-state index is -0.369. The molecule has 2 saturated heterocycles. The molecule has 128 valence electrons. The first kappa shape index (κ1) is 15.6. The maximum Gasteiger partial charge on any atom is 0.324 e. The third-order valence-corrected chi connectivity index (χ3v) is 4.78. The predicted molar refractivity (Wildman–Crippen MR) is 91.0 cm³/mol. The first-order valence-corrected chi connectivity index (χ1v) is 8.30. The lowest BCUT2D eigenvalue weighted by atomic mass is 10.1. The van der Waals surface area contributed by atoms with Gasteiger partial charge in [0.1, 0.15) is 0 Å². The van der Waals surface area contributed by atoms with Gasteiger partial charge in [0.05, 0.1) is 23.7 Å². The largest absolute Gasteiger partial charge is 0.336 e. The number of amides is 4. The van der Waals surface area contributed by atoms with Gasteiger partial charge in [0.25, 0.3) is 5.91 Å². The zero-order valence-electron chi connectivity index (χ0n) is 13.9. The monoisotopic (exact) mass is 338 g/mol. The molecule has 0 spiro atoms. The molecule has 1 N–H and O–H groups in total. The number of pyridine rings is 1. The number of nitrogens with one attached hydrogen (secondary N) is 1. The fourth-order valence-corrected chi connectivity index (χ4v) is 3.53. The van der Waals surface area contributed by atoms with Gasteiger partial charge in [-0.15, -0.1) is 0 Å². The number of urea groups is 1. The van der Waals surface area contributed by atoms with Crippen LogP contribution in [-0.2, 0) is 4.79 Å². The maximum atomic E-state index is 13.0. The van der Waals surface area contributed by atoms with Crippen LogP contribution in [0.3, 0.4) is 0 Å². The van der Waals surface area contributed by atoms with E-state index in [0.29, 0.717) is 30.6 Å². The standard InChI is InChI=1S/C18H18N4O3/c1-11-5-6-12-3-2-4-14(16(12)20-11)17(24)21-8-7-13(10-21)22-15(23)9-19-18(22)25/h2-6,13H,7-10H2,1H3,(H,19,25). The van der Waals surface area contributed by atoms with E-state index in [2.05, 4.69) is 10.3 Å². The van der Waals surface area contributed by atoms with Gasteiger partial charge >= 0.3 is 6.03 Å². The number of rotatable bonds is 2. The van der Waals surface area contributed by atoms with Gasteiger partial charge < -0.3 is 10.2 Å². The molecule has 7 nitrogen and oxygen atoms in total. The quantitative estimate of drug-likeness (QED) is 0.837. The molecule has 2 fully saturated rings. The van der Waals surface area contributed by atoms with Crippen molar-refractivity contribution in [3.8, 4) is 0 Å². The summed E-state index contributed by atoms with van der Waals surface area (Å²) in [7, 11) is 0. The molecular formula is C18H18N4O3. The van der Waals surface area contributed by atoms with Gasteiger partial charge in [-0.05, 0) is 25.5 Å². The van der Waals surface area contributed by atoms with E-state index in [9.17, 15) is 14.4 Å². The fraction of sp³-hybridized carbons (Fsp3) is 0.333. The summed E-state index contributed by atoms with van der Waals surface area (Å²) in [5.41, 5.74) is 2.09. The molecule has 0 bridgehead atoms. The molecule has 1 atom stereocenters. The molecule has 1 aromatic heterocycles. The highest BCUT2D eigenvalue weighted by Crippen LogP contribution is 2.23. The molecular weight excluding hydrogens is 320 g/mol. The van der Waals surface area contributed by atoms with Crippen LogP contribution >= 0.6 is 0 Å². The Bertz CT molecular complexity index is 879. The van der Waals surface area contributed by atoms with Crippen LogP contribution in [0.25, 0.3) is 10.9 Å². The molecule has 4 rings (SSSR count). The smallest absolute Gasteiger partial charge is 0.324 e. The van der Waals surface area contributed by atoms with Crippen LogP contribution in [-0.4, -0.2) is 58.3 Å². The van der Waals surface area contributed by atoms with Crippen molar-refractivity contribution in [3.05, 3.63) is 41.6 Å². The summed E-state index contributed by atoms with van der Waals surface area (Å²) in [5.74, 6) is -0.343. The molecule has 2 aliphatic rings. The summed E-state index contributed by atoms with van der Waals surface area (Å²) in [5, 5.41) is 3.44. The van der Waals surface area contributed by atoms with Gasteiger partial charge in [0.15, 0.2) is 0 Å². The number of nitrogens with zero attached hydrogens (tertiary/aromatic N) is 3. The van der Waals surface area contributed by atoms with E-state index in [1.54, 1.807) is 11.0 Å². The van der Waals surface area contributed by atoms with Crippen LogP contribution in [0, 0.1) is 6.92 Å². The van der Waals surface area contributed by atoms with E-state index in [1.165, 1.54) is 4.90 Å². The number of hydrogen-bond acceptors (Lipinski definition) is 4. The first-order chi connectivity index (χ1) is 12.0. The lowest BCUT2D eigenvalue weighted by Crippen LogP contribution is -2.42. The zero-order chi connectivity index (χ0) is 17.6. The Balaban J connectivity index is 1.59. The molecule has 3 heterocycles. The van der Waals surface area contributed by atoms with Crippen molar-refractivity contribution < 1.29 is 14.4 Å². The van der Waals surface area contributed by atoms with Gasteiger partial charge in [-0.1, -0.05) is 18.2 Å². The lowest BCUT2D eigenvalue weighted by molar-refractivity contribution is -0.126. The van der Waals surface area contributed by atoms with Crippen molar-refractivity contribution in [1.82, 2.24) is 20.1 Å². The van der Waals surface area contributed by atoms with E-state index >= 15 is 0 Å². The third-order valence-electron chi connectivity index (χ3n) is 4.78. The first-order valence-electron chi connectivity index (χ1n) is 8.30. The second kappa shape index (κ2) is 5.84. The van der Waals surface area contributed by atoms with Gasteiger partial charge in [0.2, 0.25) is 5.91 Å². The minimum Gasteiger partial charge on any atom is -0.336 e. The maximum absolute atomic E-state index is 13.0. The molecule has 2 aliphatic heterocycles. The number of carbonyl (C=O) groups excluding carboxylic acids is 3. The van der Waals surface area contributed by atoms with Gasteiger partial charge in [-0.3, -0.25) is 19.5 Å². The van der Waals surface area contributed by atoms with E-state index in [0.717, 1.165) is 11.1 Å². The number of aromatic nitrogens is 1. The van der Waals surface area contributed by atoms with Crippen LogP contribution in [0.5, 0.6) is 0 Å². The number of fused-ring (bicyclic) bond motifs is 1. The topological polar surface area (TPSA) is 82.6 Å². The van der Waals surface area contributed by atoms with Crippen molar-refractivity contribution in [2.75, 3.05) is 19.6 Å². The summed E-state index contributed by atoms with van der Waals surface area (Å²) in [6, 6.07) is 8.79. The molecule has 4 amide bonds. The van der Waals surface area contributed by atoms with Gasteiger partial charge in [0, 0.05) is 24.2 Å². The number of imide groups is 1. The molecule has 0 radical (unpaired) electrons. The molecule has 0 aliphatic carbocycles. The van der Waals surface area contributed by atoms with Crippen LogP contribution in [0.4, 0.5) is 4.79 Å². The Kier molecular flexibility index (Phi) is 3.63. The molecule has 1 aromatic carbocycles. The van der Waals surface area contributed by atoms with Crippen molar-refractivity contribution in [1.29, 1.82) is 0 Å². The Morgan fingerprint density at radius 1 is 1.24 bits per heavy atom. The number of carbonyl (C=O) groups is 3. The van der Waals surface area contributed by atoms with E-state index in [4.69, 9.17) is 0 Å². The van der Waals surface area contributed by atoms with E-state index < -0.39 is 0 Å². The predicted octanol–water partition coefficient (Wildman–Crippen LogP) is 1.31. The summed E-state index contributed by atoms with van der Waals surface area (Å²) in [6.45, 7) is 2.81. The van der Waals surface area contributed by atoms with Gasteiger partial charge in [-0.25, -0.2) is 4.79 Å². The molecule has 0 saturated carbocycles. The van der Waals surface area contributed by atoms with Crippen molar-refractivity contribution in [2.24, 2.45) is 0 Å². The SMILES string of the molecule is Cc1ccc2cccc(C(=O)N3CCC(N4C(=O)CNC4=O)C3)c2n1. The summed E-state index contributed by atoms with van der Waals surface area (Å²) >= 11 is 0. The average molecular weight is 338 g/mol. The van der Waals surface area contributed by atoms with Crippen LogP contribution in [0.15, 0.2) is 30.3 Å². The average Bonchev–Trinajstić information content (AvgIpc) is 3.20. The van der Waals surface area contributed by atoms with Crippen LogP contribution in [0.1, 0.15) is 22.5 Å². The Hall–Kier alpha value is -2.96. The highest BCUT2D eigenvalue weighted by molar-refractivity contribution is 6.06. The summed E-state index contributed by atoms with van der Waals surface area (Å²) in [4.78, 5) is 44.1. The highest BCUT2D eigenvalue weighted by atomic mass is 16.2. The Morgan fingerprint density at radius 2 is 2.08 bits per heavy atom. The van der Waals surface area contributed by atoms with Crippen molar-refractivity contribution in [3.63, 3.8) is 0 Å². The van der Waals surface area contributed by atoms with Crippen LogP contribution < -0.4 is 5.32 Å². The normalized spacial score (nSPS) is 20.4. The number of hydrogen-bond donors (Lipinski definition) is 1. The second-order valence-electron chi connectivity index (χ2n) is 6.45. The zero-order valence-corrected chi connectivity index (χ0v) is 13.9. The third kappa shape index (κ3) is 2.61. The molecule has 1 unspecified atom stereocenters. The van der Waals surface area contributed by atoms with E-state index in [-0.39, 0.29) is 30.4 Å². The summed E-state index contributed by atoms with van der Waals surface area (Å²) < 4.78 is 0. The Morgan fingerprint density at radius 3 is 2.84 bits per heavy atom. The molecule has 25 heavy (non-hydrogen) atoms. The number of likely N-dealkylation sites (tertiary alicyclic amines) is 1. The Labute approximate surface area is 144 Å². The number of aryl methyl sites for hydroxylation is 1. The minimum absolute atomic E-state index is 0.0375. The fourth-order valence-electron chi connectivity index (χ4n) is 3.53. The van der Waals surface area contributed by atoms with Crippen LogP contribution in [0.2, 0.25) is 0 Å². The number of para-hydroxylation sites is 1. The number of benzene rings is 1. The van der Waals surface area contributed by atoms with Crippen molar-refractivity contribution >= 4 is 28.7 Å². The summed E-state index contributed by atoms with van der Waals surface area (Å²) in [6.07, 6.45) is 0.599. The second-order valence-corrected chi connectivity index (χ2v) is 6.45. The lowest BCUT2D eigenvalue weighted by Gasteiger charge is -2.21. The highest BCUT2D eigenvalue weighted by Gasteiger charge is 2.39. The molecule has 7 heteroatoms. The van der Waals surface area contributed by atoms with Crippen molar-refractivity contribution in [2.45, 2.75) is 19.4 Å². The van der Waals surface area contributed by atoms with E-state index in [1.807, 2.05) is 31.2 Å². The van der Waals surface area contributed by atoms with Gasteiger partial charge in [-0.2, -0.15) is 0 Å².